The molecule has 0 aliphatic heterocycles. The third-order valence-corrected chi connectivity index (χ3v) is 3.48. The minimum absolute atomic E-state index is 0.0249. The molecule has 1 amide bonds. The summed E-state index contributed by atoms with van der Waals surface area (Å²) in [4.78, 5) is 12.0. The molecule has 2 N–H and O–H groups in total. The summed E-state index contributed by atoms with van der Waals surface area (Å²) < 4.78 is 0. The van der Waals surface area contributed by atoms with Gasteiger partial charge in [0.25, 0.3) is 5.91 Å². The molecule has 0 radical (unpaired) electrons. The summed E-state index contributed by atoms with van der Waals surface area (Å²) >= 11 is 0. The van der Waals surface area contributed by atoms with Gasteiger partial charge in [0, 0.05) is 12.0 Å². The molecule has 3 heteroatoms. The summed E-state index contributed by atoms with van der Waals surface area (Å²) in [5.41, 5.74) is 1.59. The van der Waals surface area contributed by atoms with E-state index in [0.29, 0.717) is 11.5 Å². The van der Waals surface area contributed by atoms with Crippen LogP contribution in [0.2, 0.25) is 0 Å². The molecule has 0 aromatic heterocycles. The molecule has 3 nitrogen and oxygen atoms in total. The average Bonchev–Trinajstić information content (AvgIpc) is 3.19. The quantitative estimate of drug-likeness (QED) is 0.883. The van der Waals surface area contributed by atoms with E-state index >= 15 is 0 Å². The summed E-state index contributed by atoms with van der Waals surface area (Å²) in [5.74, 6) is 0.217. The van der Waals surface area contributed by atoms with E-state index in [1.165, 1.54) is 11.6 Å². The molecule has 2 aromatic rings. The van der Waals surface area contributed by atoms with Gasteiger partial charge in [-0.05, 0) is 24.1 Å². The fraction of sp³-hybridized carbons (Fsp3) is 0.188. The molecule has 1 fully saturated rings. The first-order valence-corrected chi connectivity index (χ1v) is 6.39. The minimum atomic E-state index is -0.207. The number of phenols is 1. The van der Waals surface area contributed by atoms with Crippen LogP contribution in [-0.4, -0.2) is 17.1 Å². The molecule has 1 aliphatic rings. The molecule has 3 rings (SSSR count). The predicted octanol–water partition coefficient (Wildman–Crippen LogP) is 2.68. The Morgan fingerprint density at radius 3 is 2.47 bits per heavy atom. The van der Waals surface area contributed by atoms with E-state index in [1.807, 2.05) is 18.2 Å². The second-order valence-corrected chi connectivity index (χ2v) is 4.85. The molecule has 0 bridgehead atoms. The van der Waals surface area contributed by atoms with Crippen LogP contribution in [0.25, 0.3) is 0 Å². The summed E-state index contributed by atoms with van der Waals surface area (Å²) in [7, 11) is 0. The lowest BCUT2D eigenvalue weighted by Crippen LogP contribution is -2.26. The number of hydrogen-bond donors (Lipinski definition) is 2. The second kappa shape index (κ2) is 4.76. The maximum atomic E-state index is 12.0. The summed E-state index contributed by atoms with van der Waals surface area (Å²) in [6.07, 6.45) is 0.962. The van der Waals surface area contributed by atoms with Gasteiger partial charge in [0.2, 0.25) is 0 Å². The molecule has 0 saturated heterocycles. The Kier molecular flexibility index (Phi) is 2.95. The Bertz CT molecular complexity index is 595. The van der Waals surface area contributed by atoms with Crippen molar-refractivity contribution in [3.05, 3.63) is 65.7 Å². The highest BCUT2D eigenvalue weighted by Gasteiger charge is 2.39. The van der Waals surface area contributed by atoms with Crippen LogP contribution in [-0.2, 0) is 0 Å². The maximum Gasteiger partial charge on any atom is 0.255 e. The third kappa shape index (κ3) is 2.45. The zero-order valence-corrected chi connectivity index (χ0v) is 10.4. The van der Waals surface area contributed by atoms with Crippen LogP contribution >= 0.6 is 0 Å². The van der Waals surface area contributed by atoms with E-state index in [0.717, 1.165) is 6.42 Å². The number of para-hydroxylation sites is 1. The van der Waals surface area contributed by atoms with E-state index in [9.17, 15) is 9.90 Å². The van der Waals surface area contributed by atoms with Gasteiger partial charge in [0.15, 0.2) is 0 Å². The van der Waals surface area contributed by atoms with Crippen LogP contribution in [0.3, 0.4) is 0 Å². The highest BCUT2D eigenvalue weighted by Crippen LogP contribution is 2.40. The van der Waals surface area contributed by atoms with E-state index in [2.05, 4.69) is 17.4 Å². The van der Waals surface area contributed by atoms with Gasteiger partial charge in [0.1, 0.15) is 5.75 Å². The van der Waals surface area contributed by atoms with Crippen LogP contribution in [0.15, 0.2) is 54.6 Å². The number of rotatable bonds is 3. The van der Waals surface area contributed by atoms with Crippen molar-refractivity contribution < 1.29 is 9.90 Å². The van der Waals surface area contributed by atoms with E-state index in [1.54, 1.807) is 18.2 Å². The molecule has 1 aliphatic carbocycles. The molecule has 2 unspecified atom stereocenters. The lowest BCUT2D eigenvalue weighted by Gasteiger charge is -2.06. The van der Waals surface area contributed by atoms with Gasteiger partial charge in [-0.2, -0.15) is 0 Å². The van der Waals surface area contributed by atoms with E-state index in [4.69, 9.17) is 0 Å². The lowest BCUT2D eigenvalue weighted by molar-refractivity contribution is 0.0947. The van der Waals surface area contributed by atoms with Gasteiger partial charge >= 0.3 is 0 Å². The number of carbonyl (C=O) groups is 1. The number of nitrogens with one attached hydrogen (secondary N) is 1. The summed E-state index contributed by atoms with van der Waals surface area (Å²) in [5, 5.41) is 12.6. The number of hydrogen-bond acceptors (Lipinski definition) is 2. The predicted molar refractivity (Wildman–Crippen MR) is 73.2 cm³/mol. The van der Waals surface area contributed by atoms with Gasteiger partial charge in [0.05, 0.1) is 5.56 Å². The largest absolute Gasteiger partial charge is 0.507 e. The Balaban J connectivity index is 1.66. The fourth-order valence-corrected chi connectivity index (χ4v) is 2.33. The van der Waals surface area contributed by atoms with Crippen molar-refractivity contribution in [1.82, 2.24) is 5.32 Å². The normalized spacial score (nSPS) is 20.8. The molecular weight excluding hydrogens is 238 g/mol. The zero-order valence-electron chi connectivity index (χ0n) is 10.4. The van der Waals surface area contributed by atoms with Crippen LogP contribution in [0, 0.1) is 0 Å². The molecule has 2 aromatic carbocycles. The monoisotopic (exact) mass is 253 g/mol. The van der Waals surface area contributed by atoms with Crippen molar-refractivity contribution >= 4 is 5.91 Å². The molecule has 19 heavy (non-hydrogen) atoms. The number of amides is 1. The fourth-order valence-electron chi connectivity index (χ4n) is 2.33. The van der Waals surface area contributed by atoms with Crippen molar-refractivity contribution in [3.8, 4) is 5.75 Å². The first-order chi connectivity index (χ1) is 9.25. The molecular formula is C16H15NO2. The SMILES string of the molecule is O=C(NC1CC1c1ccccc1)c1ccccc1O. The van der Waals surface area contributed by atoms with Crippen molar-refractivity contribution in [2.45, 2.75) is 18.4 Å². The third-order valence-electron chi connectivity index (χ3n) is 3.48. The van der Waals surface area contributed by atoms with Crippen LogP contribution in [0.5, 0.6) is 5.75 Å². The summed E-state index contributed by atoms with van der Waals surface area (Å²) in [6, 6.07) is 16.9. The first kappa shape index (κ1) is 11.8. The van der Waals surface area contributed by atoms with E-state index < -0.39 is 0 Å². The highest BCUT2D eigenvalue weighted by molar-refractivity contribution is 5.97. The van der Waals surface area contributed by atoms with Crippen molar-refractivity contribution in [2.75, 3.05) is 0 Å². The van der Waals surface area contributed by atoms with Gasteiger partial charge in [-0.15, -0.1) is 0 Å². The highest BCUT2D eigenvalue weighted by atomic mass is 16.3. The first-order valence-electron chi connectivity index (χ1n) is 6.39. The van der Waals surface area contributed by atoms with Gasteiger partial charge < -0.3 is 10.4 Å². The Morgan fingerprint density at radius 1 is 1.05 bits per heavy atom. The van der Waals surface area contributed by atoms with Crippen molar-refractivity contribution in [1.29, 1.82) is 0 Å². The Labute approximate surface area is 111 Å². The maximum absolute atomic E-state index is 12.0. The molecule has 96 valence electrons. The van der Waals surface area contributed by atoms with Gasteiger partial charge in [-0.3, -0.25) is 4.79 Å². The molecule has 2 atom stereocenters. The number of carbonyl (C=O) groups excluding carboxylic acids is 1. The van der Waals surface area contributed by atoms with Crippen LogP contribution < -0.4 is 5.32 Å². The molecule has 0 heterocycles. The number of phenolic OH excluding ortho intramolecular Hbond substituents is 1. The smallest absolute Gasteiger partial charge is 0.255 e. The Hall–Kier alpha value is -2.29. The number of benzene rings is 2. The molecule has 0 spiro atoms. The summed E-state index contributed by atoms with van der Waals surface area (Å²) in [6.45, 7) is 0. The van der Waals surface area contributed by atoms with Crippen molar-refractivity contribution in [3.63, 3.8) is 0 Å². The van der Waals surface area contributed by atoms with Crippen LogP contribution in [0.4, 0.5) is 0 Å². The standard InChI is InChI=1S/C16H15NO2/c18-15-9-5-4-8-12(15)16(19)17-14-10-13(14)11-6-2-1-3-7-11/h1-9,13-14,18H,10H2,(H,17,19). The Morgan fingerprint density at radius 2 is 1.74 bits per heavy atom. The van der Waals surface area contributed by atoms with Gasteiger partial charge in [-0.1, -0.05) is 42.5 Å². The van der Waals surface area contributed by atoms with Gasteiger partial charge in [-0.25, -0.2) is 0 Å². The molecule has 1 saturated carbocycles. The second-order valence-electron chi connectivity index (χ2n) is 4.85. The van der Waals surface area contributed by atoms with E-state index in [-0.39, 0.29) is 17.7 Å². The average molecular weight is 253 g/mol. The minimum Gasteiger partial charge on any atom is -0.507 e. The zero-order chi connectivity index (χ0) is 13.2. The number of aromatic hydroxyl groups is 1. The van der Waals surface area contributed by atoms with Crippen LogP contribution in [0.1, 0.15) is 28.3 Å². The lowest BCUT2D eigenvalue weighted by atomic mass is 10.1. The van der Waals surface area contributed by atoms with Crippen molar-refractivity contribution in [2.24, 2.45) is 0 Å². The topological polar surface area (TPSA) is 49.3 Å².